The molecule has 0 spiro atoms. The number of nitro benzene ring substituents is 1. The van der Waals surface area contributed by atoms with Crippen LogP contribution in [0.25, 0.3) is 0 Å². The lowest BCUT2D eigenvalue weighted by molar-refractivity contribution is -0.384. The van der Waals surface area contributed by atoms with E-state index in [0.29, 0.717) is 15.7 Å². The number of amides is 1. The van der Waals surface area contributed by atoms with E-state index in [-0.39, 0.29) is 11.6 Å². The molecule has 2 aromatic rings. The summed E-state index contributed by atoms with van der Waals surface area (Å²) in [4.78, 5) is 22.3. The number of halogens is 2. The predicted molar refractivity (Wildman–Crippen MR) is 87.9 cm³/mol. The Balaban J connectivity index is 2.25. The molecule has 1 amide bonds. The molecule has 0 aliphatic rings. The Hall–Kier alpha value is -1.48. The third kappa shape index (κ3) is 3.34. The molecule has 7 heteroatoms. The molecule has 0 aliphatic carbocycles. The first-order valence-corrected chi connectivity index (χ1v) is 7.36. The highest BCUT2D eigenvalue weighted by molar-refractivity contribution is 14.1. The first kappa shape index (κ1) is 14.9. The monoisotopic (exact) mass is 446 g/mol. The van der Waals surface area contributed by atoms with Gasteiger partial charge in [0.15, 0.2) is 0 Å². The summed E-state index contributed by atoms with van der Waals surface area (Å²) in [6.07, 6.45) is 0. The van der Waals surface area contributed by atoms with Gasteiger partial charge in [0.05, 0.1) is 16.2 Å². The Morgan fingerprint density at radius 3 is 2.55 bits per heavy atom. The molecule has 2 rings (SSSR count). The van der Waals surface area contributed by atoms with E-state index in [1.54, 1.807) is 12.1 Å². The van der Waals surface area contributed by atoms with E-state index in [9.17, 15) is 14.9 Å². The van der Waals surface area contributed by atoms with E-state index in [1.807, 2.05) is 12.1 Å². The van der Waals surface area contributed by atoms with Crippen molar-refractivity contribution in [2.24, 2.45) is 0 Å². The second-order valence-corrected chi connectivity index (χ2v) is 5.87. The number of carbonyl (C=O) groups excluding carboxylic acids is 1. The van der Waals surface area contributed by atoms with E-state index in [0.717, 1.165) is 3.57 Å². The fourth-order valence-electron chi connectivity index (χ4n) is 1.55. The maximum atomic E-state index is 12.1. The zero-order valence-corrected chi connectivity index (χ0v) is 13.7. The van der Waals surface area contributed by atoms with Crippen LogP contribution in [0.1, 0.15) is 10.4 Å². The minimum Gasteiger partial charge on any atom is -0.321 e. The van der Waals surface area contributed by atoms with Gasteiger partial charge in [-0.05, 0) is 56.7 Å². The van der Waals surface area contributed by atoms with Crippen LogP contribution in [0.2, 0.25) is 0 Å². The number of non-ortho nitro benzene ring substituents is 1. The summed E-state index contributed by atoms with van der Waals surface area (Å²) in [5.41, 5.74) is 1.00. The molecule has 0 atom stereocenters. The van der Waals surface area contributed by atoms with Crippen LogP contribution >= 0.6 is 38.5 Å². The van der Waals surface area contributed by atoms with Crippen molar-refractivity contribution in [3.05, 3.63) is 66.2 Å². The lowest BCUT2D eigenvalue weighted by Gasteiger charge is -2.08. The second-order valence-electron chi connectivity index (χ2n) is 3.86. The summed E-state index contributed by atoms with van der Waals surface area (Å²) in [7, 11) is 0. The van der Waals surface area contributed by atoms with E-state index in [4.69, 9.17) is 0 Å². The van der Waals surface area contributed by atoms with Gasteiger partial charge in [-0.3, -0.25) is 14.9 Å². The van der Waals surface area contributed by atoms with Crippen LogP contribution in [0.15, 0.2) is 46.9 Å². The van der Waals surface area contributed by atoms with Crippen LogP contribution < -0.4 is 5.32 Å². The van der Waals surface area contributed by atoms with Crippen LogP contribution in [0.4, 0.5) is 11.4 Å². The van der Waals surface area contributed by atoms with Crippen molar-refractivity contribution in [1.82, 2.24) is 0 Å². The van der Waals surface area contributed by atoms with Gasteiger partial charge in [-0.1, -0.05) is 12.1 Å². The van der Waals surface area contributed by atoms with Crippen LogP contribution in [-0.4, -0.2) is 10.8 Å². The minimum atomic E-state index is -0.490. The quantitative estimate of drug-likeness (QED) is 0.436. The number of rotatable bonds is 3. The summed E-state index contributed by atoms with van der Waals surface area (Å²) in [5, 5.41) is 13.4. The van der Waals surface area contributed by atoms with Gasteiger partial charge in [-0.25, -0.2) is 0 Å². The van der Waals surface area contributed by atoms with Gasteiger partial charge in [0.1, 0.15) is 0 Å². The molecular formula is C13H8BrIN2O3. The number of benzene rings is 2. The lowest BCUT2D eigenvalue weighted by atomic mass is 10.2. The zero-order chi connectivity index (χ0) is 14.7. The average molecular weight is 447 g/mol. The molecule has 0 radical (unpaired) electrons. The Morgan fingerprint density at radius 1 is 1.25 bits per heavy atom. The van der Waals surface area contributed by atoms with Crippen molar-refractivity contribution in [1.29, 1.82) is 0 Å². The van der Waals surface area contributed by atoms with Gasteiger partial charge >= 0.3 is 0 Å². The van der Waals surface area contributed by atoms with Gasteiger partial charge in [0.25, 0.3) is 11.6 Å². The van der Waals surface area contributed by atoms with E-state index in [1.165, 1.54) is 18.2 Å². The van der Waals surface area contributed by atoms with Crippen LogP contribution in [-0.2, 0) is 0 Å². The molecule has 0 bridgehead atoms. The fourth-order valence-corrected chi connectivity index (χ4v) is 2.65. The van der Waals surface area contributed by atoms with Gasteiger partial charge in [0.2, 0.25) is 0 Å². The number of nitro groups is 1. The van der Waals surface area contributed by atoms with Gasteiger partial charge < -0.3 is 5.32 Å². The van der Waals surface area contributed by atoms with E-state index in [2.05, 4.69) is 43.8 Å². The van der Waals surface area contributed by atoms with Crippen molar-refractivity contribution in [2.75, 3.05) is 5.32 Å². The molecule has 20 heavy (non-hydrogen) atoms. The third-order valence-electron chi connectivity index (χ3n) is 2.53. The Kier molecular flexibility index (Phi) is 4.71. The number of anilines is 1. The molecule has 0 aliphatic heterocycles. The Labute approximate surface area is 136 Å². The van der Waals surface area contributed by atoms with Gasteiger partial charge in [-0.2, -0.15) is 0 Å². The minimum absolute atomic E-state index is 0.0378. The van der Waals surface area contributed by atoms with Crippen molar-refractivity contribution in [3.8, 4) is 0 Å². The Bertz CT molecular complexity index is 691. The summed E-state index contributed by atoms with van der Waals surface area (Å²) in [6, 6.07) is 11.4. The number of hydrogen-bond acceptors (Lipinski definition) is 3. The first-order chi connectivity index (χ1) is 9.49. The number of hydrogen-bond donors (Lipinski definition) is 1. The topological polar surface area (TPSA) is 72.2 Å². The van der Waals surface area contributed by atoms with Crippen LogP contribution in [0, 0.1) is 13.7 Å². The molecule has 5 nitrogen and oxygen atoms in total. The molecule has 2 aromatic carbocycles. The van der Waals surface area contributed by atoms with E-state index >= 15 is 0 Å². The summed E-state index contributed by atoms with van der Waals surface area (Å²) < 4.78 is 1.30. The van der Waals surface area contributed by atoms with Crippen molar-refractivity contribution < 1.29 is 9.72 Å². The number of nitrogens with one attached hydrogen (secondary N) is 1. The van der Waals surface area contributed by atoms with E-state index < -0.39 is 4.92 Å². The third-order valence-corrected chi connectivity index (χ3v) is 4.13. The molecule has 0 saturated heterocycles. The smallest absolute Gasteiger partial charge is 0.270 e. The molecule has 0 heterocycles. The Morgan fingerprint density at radius 2 is 1.95 bits per heavy atom. The lowest BCUT2D eigenvalue weighted by Crippen LogP contribution is -2.13. The maximum absolute atomic E-state index is 12.1. The van der Waals surface area contributed by atoms with Crippen molar-refractivity contribution in [3.63, 3.8) is 0 Å². The highest BCUT2D eigenvalue weighted by atomic mass is 127. The van der Waals surface area contributed by atoms with Crippen LogP contribution in [0.5, 0.6) is 0 Å². The number of carbonyl (C=O) groups is 1. The zero-order valence-electron chi connectivity index (χ0n) is 9.97. The highest BCUT2D eigenvalue weighted by Gasteiger charge is 2.13. The predicted octanol–water partition coefficient (Wildman–Crippen LogP) is 4.21. The molecule has 102 valence electrons. The average Bonchev–Trinajstić information content (AvgIpc) is 2.41. The molecule has 0 saturated carbocycles. The normalized spacial score (nSPS) is 10.1. The summed E-state index contributed by atoms with van der Waals surface area (Å²) in [5.74, 6) is -0.260. The molecule has 0 unspecified atom stereocenters. The molecular weight excluding hydrogens is 439 g/mol. The standard InChI is InChI=1S/C13H8BrIN2O3/c14-10-7-8(17(19)20)5-6-12(10)16-13(18)9-3-1-2-4-11(9)15/h1-7H,(H,16,18). The van der Waals surface area contributed by atoms with Crippen molar-refractivity contribution >= 4 is 55.8 Å². The van der Waals surface area contributed by atoms with Gasteiger partial charge in [0, 0.05) is 20.2 Å². The highest BCUT2D eigenvalue weighted by Crippen LogP contribution is 2.27. The summed E-state index contributed by atoms with van der Waals surface area (Å²) >= 11 is 5.29. The summed E-state index contributed by atoms with van der Waals surface area (Å²) in [6.45, 7) is 0. The fraction of sp³-hybridized carbons (Fsp3) is 0. The SMILES string of the molecule is O=C(Nc1ccc([N+](=O)[O-])cc1Br)c1ccccc1I. The molecule has 1 N–H and O–H groups in total. The van der Waals surface area contributed by atoms with Crippen molar-refractivity contribution in [2.45, 2.75) is 0 Å². The van der Waals surface area contributed by atoms with Gasteiger partial charge in [-0.15, -0.1) is 0 Å². The largest absolute Gasteiger partial charge is 0.321 e. The molecule has 0 aromatic heterocycles. The maximum Gasteiger partial charge on any atom is 0.270 e. The molecule has 0 fully saturated rings. The van der Waals surface area contributed by atoms with Crippen LogP contribution in [0.3, 0.4) is 0 Å². The second kappa shape index (κ2) is 6.31. The first-order valence-electron chi connectivity index (χ1n) is 5.49. The number of nitrogens with zero attached hydrogens (tertiary/aromatic N) is 1.